The molecule has 0 unspecified atom stereocenters. The second-order valence-corrected chi connectivity index (χ2v) is 3.96. The monoisotopic (exact) mass is 240 g/mol. The Kier molecular flexibility index (Phi) is 5.46. The first kappa shape index (κ1) is 13.5. The smallest absolute Gasteiger partial charge is 0.303 e. The number of ether oxygens (including phenoxy) is 1. The van der Waals surface area contributed by atoms with Crippen molar-refractivity contribution in [2.24, 2.45) is 0 Å². The van der Waals surface area contributed by atoms with Crippen LogP contribution in [0.4, 0.5) is 4.39 Å². The predicted molar refractivity (Wildman–Crippen MR) is 62.7 cm³/mol. The average Bonchev–Trinajstić information content (AvgIpc) is 2.25. The van der Waals surface area contributed by atoms with Crippen molar-refractivity contribution in [3.63, 3.8) is 0 Å². The molecule has 0 aliphatic heterocycles. The molecule has 4 heteroatoms. The highest BCUT2D eigenvalue weighted by molar-refractivity contribution is 5.66. The Morgan fingerprint density at radius 3 is 2.76 bits per heavy atom. The Bertz CT molecular complexity index is 377. The topological polar surface area (TPSA) is 46.5 Å². The van der Waals surface area contributed by atoms with Crippen molar-refractivity contribution in [3.05, 3.63) is 29.6 Å². The van der Waals surface area contributed by atoms with E-state index in [0.717, 1.165) is 18.4 Å². The van der Waals surface area contributed by atoms with Crippen LogP contribution in [-0.4, -0.2) is 17.7 Å². The van der Waals surface area contributed by atoms with Crippen LogP contribution in [0.25, 0.3) is 0 Å². The number of aryl methyl sites for hydroxylation is 1. The van der Waals surface area contributed by atoms with Gasteiger partial charge in [0.15, 0.2) is 0 Å². The van der Waals surface area contributed by atoms with E-state index in [9.17, 15) is 9.18 Å². The van der Waals surface area contributed by atoms with Gasteiger partial charge in [0, 0.05) is 6.42 Å². The zero-order chi connectivity index (χ0) is 12.7. The summed E-state index contributed by atoms with van der Waals surface area (Å²) >= 11 is 0. The summed E-state index contributed by atoms with van der Waals surface area (Å²) < 4.78 is 18.3. The first-order valence-electron chi connectivity index (χ1n) is 5.70. The SMILES string of the molecule is Cc1cc(F)ccc1OCCCCCC(=O)O. The number of carbonyl (C=O) groups is 1. The molecule has 17 heavy (non-hydrogen) atoms. The van der Waals surface area contributed by atoms with Gasteiger partial charge < -0.3 is 9.84 Å². The van der Waals surface area contributed by atoms with Crippen molar-refractivity contribution < 1.29 is 19.0 Å². The third-order valence-corrected chi connectivity index (χ3v) is 2.43. The highest BCUT2D eigenvalue weighted by Crippen LogP contribution is 2.18. The molecule has 0 atom stereocenters. The zero-order valence-corrected chi connectivity index (χ0v) is 9.91. The van der Waals surface area contributed by atoms with Crippen molar-refractivity contribution in [1.29, 1.82) is 0 Å². The van der Waals surface area contributed by atoms with Crippen LogP contribution in [0.15, 0.2) is 18.2 Å². The van der Waals surface area contributed by atoms with Crippen LogP contribution in [0.3, 0.4) is 0 Å². The summed E-state index contributed by atoms with van der Waals surface area (Å²) in [7, 11) is 0. The number of unbranched alkanes of at least 4 members (excludes halogenated alkanes) is 2. The van der Waals surface area contributed by atoms with E-state index < -0.39 is 5.97 Å². The van der Waals surface area contributed by atoms with E-state index in [1.165, 1.54) is 12.1 Å². The van der Waals surface area contributed by atoms with Crippen LogP contribution in [0.2, 0.25) is 0 Å². The minimum atomic E-state index is -0.764. The Morgan fingerprint density at radius 2 is 2.12 bits per heavy atom. The molecule has 0 saturated carbocycles. The van der Waals surface area contributed by atoms with Gasteiger partial charge in [-0.05, 0) is 49.9 Å². The minimum absolute atomic E-state index is 0.204. The number of aliphatic carboxylic acids is 1. The lowest BCUT2D eigenvalue weighted by molar-refractivity contribution is -0.137. The van der Waals surface area contributed by atoms with Gasteiger partial charge in [-0.2, -0.15) is 0 Å². The normalized spacial score (nSPS) is 10.2. The molecule has 3 nitrogen and oxygen atoms in total. The third kappa shape index (κ3) is 5.33. The van der Waals surface area contributed by atoms with Gasteiger partial charge >= 0.3 is 5.97 Å². The quantitative estimate of drug-likeness (QED) is 0.745. The maximum absolute atomic E-state index is 12.8. The van der Waals surface area contributed by atoms with Gasteiger partial charge in [0.25, 0.3) is 0 Å². The fourth-order valence-corrected chi connectivity index (χ4v) is 1.51. The molecule has 0 radical (unpaired) electrons. The van der Waals surface area contributed by atoms with Crippen molar-refractivity contribution in [2.75, 3.05) is 6.61 Å². The maximum Gasteiger partial charge on any atom is 0.303 e. The van der Waals surface area contributed by atoms with Gasteiger partial charge in [-0.1, -0.05) is 0 Å². The molecule has 0 amide bonds. The van der Waals surface area contributed by atoms with Crippen LogP contribution in [0.1, 0.15) is 31.2 Å². The van der Waals surface area contributed by atoms with Gasteiger partial charge in [-0.25, -0.2) is 4.39 Å². The Hall–Kier alpha value is -1.58. The molecule has 0 spiro atoms. The third-order valence-electron chi connectivity index (χ3n) is 2.43. The molecule has 0 bridgehead atoms. The van der Waals surface area contributed by atoms with E-state index in [1.807, 2.05) is 0 Å². The van der Waals surface area contributed by atoms with Crippen LogP contribution < -0.4 is 4.74 Å². The second kappa shape index (κ2) is 6.89. The molecule has 1 rings (SSSR count). The molecule has 1 aromatic carbocycles. The Balaban J connectivity index is 2.20. The summed E-state index contributed by atoms with van der Waals surface area (Å²) in [6.45, 7) is 2.33. The van der Waals surface area contributed by atoms with Crippen LogP contribution in [0, 0.1) is 12.7 Å². The molecule has 0 aromatic heterocycles. The van der Waals surface area contributed by atoms with Gasteiger partial charge in [0.1, 0.15) is 11.6 Å². The number of rotatable bonds is 7. The molecule has 1 aromatic rings. The lowest BCUT2D eigenvalue weighted by Gasteiger charge is -2.08. The summed E-state index contributed by atoms with van der Waals surface area (Å²) in [6, 6.07) is 4.41. The van der Waals surface area contributed by atoms with Gasteiger partial charge in [0.2, 0.25) is 0 Å². The van der Waals surface area contributed by atoms with Crippen molar-refractivity contribution in [3.8, 4) is 5.75 Å². The fourth-order valence-electron chi connectivity index (χ4n) is 1.51. The second-order valence-electron chi connectivity index (χ2n) is 3.96. The highest BCUT2D eigenvalue weighted by atomic mass is 19.1. The molecule has 94 valence electrons. The lowest BCUT2D eigenvalue weighted by atomic mass is 10.2. The van der Waals surface area contributed by atoms with Crippen LogP contribution >= 0.6 is 0 Å². The van der Waals surface area contributed by atoms with Crippen LogP contribution in [-0.2, 0) is 4.79 Å². The van der Waals surface area contributed by atoms with Crippen molar-refractivity contribution >= 4 is 5.97 Å². The van der Waals surface area contributed by atoms with Gasteiger partial charge in [0.05, 0.1) is 6.61 Å². The van der Waals surface area contributed by atoms with Gasteiger partial charge in [-0.3, -0.25) is 4.79 Å². The zero-order valence-electron chi connectivity index (χ0n) is 9.91. The lowest BCUT2D eigenvalue weighted by Crippen LogP contribution is -2.00. The van der Waals surface area contributed by atoms with E-state index in [-0.39, 0.29) is 12.2 Å². The molecule has 0 fully saturated rings. The molecule has 1 N–H and O–H groups in total. The van der Waals surface area contributed by atoms with Crippen LogP contribution in [0.5, 0.6) is 5.75 Å². The molecule has 0 aliphatic rings. The highest BCUT2D eigenvalue weighted by Gasteiger charge is 2.01. The summed E-state index contributed by atoms with van der Waals surface area (Å²) in [4.78, 5) is 10.3. The van der Waals surface area contributed by atoms with E-state index in [1.54, 1.807) is 13.0 Å². The minimum Gasteiger partial charge on any atom is -0.493 e. The number of hydrogen-bond acceptors (Lipinski definition) is 2. The van der Waals surface area contributed by atoms with E-state index in [0.29, 0.717) is 18.8 Å². The first-order valence-corrected chi connectivity index (χ1v) is 5.70. The number of carboxylic acid groups (broad SMARTS) is 1. The largest absolute Gasteiger partial charge is 0.493 e. The predicted octanol–water partition coefficient (Wildman–Crippen LogP) is 3.16. The van der Waals surface area contributed by atoms with E-state index in [2.05, 4.69) is 0 Å². The number of halogens is 1. The van der Waals surface area contributed by atoms with Gasteiger partial charge in [-0.15, -0.1) is 0 Å². The molecule has 0 heterocycles. The average molecular weight is 240 g/mol. The molecular formula is C13H17FO3. The fraction of sp³-hybridized carbons (Fsp3) is 0.462. The summed E-state index contributed by atoms with van der Waals surface area (Å²) in [5.74, 6) is -0.346. The molecular weight excluding hydrogens is 223 g/mol. The molecule has 0 saturated heterocycles. The number of hydrogen-bond donors (Lipinski definition) is 1. The Labute approximate surface area is 100 Å². The van der Waals surface area contributed by atoms with E-state index >= 15 is 0 Å². The first-order chi connectivity index (χ1) is 8.09. The number of carboxylic acids is 1. The van der Waals surface area contributed by atoms with E-state index in [4.69, 9.17) is 9.84 Å². The molecule has 0 aliphatic carbocycles. The Morgan fingerprint density at radius 1 is 1.35 bits per heavy atom. The summed E-state index contributed by atoms with van der Waals surface area (Å²) in [5, 5.41) is 8.44. The standard InChI is InChI=1S/C13H17FO3/c1-10-9-11(14)6-7-12(10)17-8-4-2-3-5-13(15)16/h6-7,9H,2-5,8H2,1H3,(H,15,16). The van der Waals surface area contributed by atoms with Crippen molar-refractivity contribution in [1.82, 2.24) is 0 Å². The number of benzene rings is 1. The van der Waals surface area contributed by atoms with Crippen molar-refractivity contribution in [2.45, 2.75) is 32.6 Å². The summed E-state index contributed by atoms with van der Waals surface area (Å²) in [6.07, 6.45) is 2.51. The maximum atomic E-state index is 12.8. The summed E-state index contributed by atoms with van der Waals surface area (Å²) in [5.41, 5.74) is 0.774.